The average molecular weight is 379 g/mol. The molecule has 2 aromatic carbocycles. The Bertz CT molecular complexity index is 916. The van der Waals surface area contributed by atoms with Crippen molar-refractivity contribution < 1.29 is 13.2 Å². The van der Waals surface area contributed by atoms with Crippen LogP contribution in [0.2, 0.25) is 5.02 Å². The van der Waals surface area contributed by atoms with E-state index in [4.69, 9.17) is 11.6 Å². The number of nitrogens with one attached hydrogen (secondary N) is 2. The van der Waals surface area contributed by atoms with Crippen molar-refractivity contribution in [1.29, 1.82) is 0 Å². The third-order valence-electron chi connectivity index (χ3n) is 3.47. The van der Waals surface area contributed by atoms with E-state index in [1.54, 1.807) is 11.1 Å². The van der Waals surface area contributed by atoms with E-state index in [9.17, 15) is 13.2 Å². The smallest absolute Gasteiger partial charge is 0.294 e. The van der Waals surface area contributed by atoms with E-state index in [-0.39, 0.29) is 9.92 Å². The second kappa shape index (κ2) is 7.12. The molecular weight excluding hydrogens is 364 g/mol. The molecule has 25 heavy (non-hydrogen) atoms. The molecular formula is C16H15ClN4O3S. The first-order valence-corrected chi connectivity index (χ1v) is 9.30. The lowest BCUT2D eigenvalue weighted by Crippen LogP contribution is -2.42. The van der Waals surface area contributed by atoms with Crippen LogP contribution in [0, 0.1) is 0 Å². The molecule has 0 unspecified atom stereocenters. The summed E-state index contributed by atoms with van der Waals surface area (Å²) in [4.78, 5) is 11.8. The number of amides is 2. The molecule has 1 heterocycles. The quantitative estimate of drug-likeness (QED) is 0.858. The SMILES string of the molecule is O=C(NC1=NN(c2ccccc2)CC1)NS(=O)(=O)c1ccccc1Cl. The summed E-state index contributed by atoms with van der Waals surface area (Å²) in [5.41, 5.74) is 0.892. The molecule has 2 aromatic rings. The highest BCUT2D eigenvalue weighted by atomic mass is 35.5. The fraction of sp³-hybridized carbons (Fsp3) is 0.125. The minimum Gasteiger partial charge on any atom is -0.294 e. The van der Waals surface area contributed by atoms with Crippen molar-refractivity contribution in [3.8, 4) is 0 Å². The molecule has 0 aliphatic carbocycles. The first kappa shape index (κ1) is 17.2. The van der Waals surface area contributed by atoms with Gasteiger partial charge in [0.25, 0.3) is 10.0 Å². The topological polar surface area (TPSA) is 90.9 Å². The molecule has 0 saturated heterocycles. The Labute approximate surface area is 150 Å². The summed E-state index contributed by atoms with van der Waals surface area (Å²) in [5, 5.41) is 8.51. The lowest BCUT2D eigenvalue weighted by Gasteiger charge is -2.12. The van der Waals surface area contributed by atoms with Crippen LogP contribution in [0.15, 0.2) is 64.6 Å². The maximum atomic E-state index is 12.2. The monoisotopic (exact) mass is 378 g/mol. The summed E-state index contributed by atoms with van der Waals surface area (Å²) in [6, 6.07) is 14.5. The first-order valence-electron chi connectivity index (χ1n) is 7.44. The summed E-state index contributed by atoms with van der Waals surface area (Å²) in [5.74, 6) is 0.385. The highest BCUT2D eigenvalue weighted by Gasteiger charge is 2.23. The number of benzene rings is 2. The number of anilines is 1. The zero-order valence-electron chi connectivity index (χ0n) is 13.0. The van der Waals surface area contributed by atoms with Crippen LogP contribution in [-0.2, 0) is 10.0 Å². The van der Waals surface area contributed by atoms with Crippen LogP contribution in [0.25, 0.3) is 0 Å². The highest BCUT2D eigenvalue weighted by molar-refractivity contribution is 7.90. The van der Waals surface area contributed by atoms with Crippen LogP contribution < -0.4 is 15.0 Å². The Balaban J connectivity index is 1.66. The van der Waals surface area contributed by atoms with Gasteiger partial charge in [0, 0.05) is 13.0 Å². The molecule has 2 amide bonds. The number of carbonyl (C=O) groups excluding carboxylic acids is 1. The van der Waals surface area contributed by atoms with Gasteiger partial charge < -0.3 is 0 Å². The molecule has 130 valence electrons. The van der Waals surface area contributed by atoms with Gasteiger partial charge in [-0.05, 0) is 24.3 Å². The van der Waals surface area contributed by atoms with Crippen molar-refractivity contribution in [2.75, 3.05) is 11.6 Å². The van der Waals surface area contributed by atoms with Crippen molar-refractivity contribution in [1.82, 2.24) is 10.0 Å². The van der Waals surface area contributed by atoms with E-state index in [2.05, 4.69) is 10.4 Å². The Morgan fingerprint density at radius 3 is 2.48 bits per heavy atom. The minimum absolute atomic E-state index is 0.0382. The number of hydrazone groups is 1. The fourth-order valence-electron chi connectivity index (χ4n) is 2.33. The van der Waals surface area contributed by atoms with Crippen molar-refractivity contribution in [3.63, 3.8) is 0 Å². The van der Waals surface area contributed by atoms with Gasteiger partial charge in [0.15, 0.2) is 0 Å². The standard InChI is InChI=1S/C16H15ClN4O3S/c17-13-8-4-5-9-14(13)25(23,24)20-16(22)18-15-10-11-21(19-15)12-6-2-1-3-7-12/h1-9H,10-11H2,(H2,18,19,20,22). The van der Waals surface area contributed by atoms with E-state index in [1.165, 1.54) is 18.2 Å². The van der Waals surface area contributed by atoms with Gasteiger partial charge in [0.1, 0.15) is 10.7 Å². The van der Waals surface area contributed by atoms with E-state index in [0.29, 0.717) is 18.8 Å². The van der Waals surface area contributed by atoms with Gasteiger partial charge in [-0.25, -0.2) is 17.9 Å². The molecule has 0 aromatic heterocycles. The molecule has 7 nitrogen and oxygen atoms in total. The third kappa shape index (κ3) is 4.09. The van der Waals surface area contributed by atoms with Crippen molar-refractivity contribution in [2.45, 2.75) is 11.3 Å². The third-order valence-corrected chi connectivity index (χ3v) is 5.30. The number of rotatable bonds is 3. The number of urea groups is 1. The molecule has 1 aliphatic heterocycles. The lowest BCUT2D eigenvalue weighted by molar-refractivity contribution is 0.250. The second-order valence-electron chi connectivity index (χ2n) is 5.25. The summed E-state index contributed by atoms with van der Waals surface area (Å²) in [6.45, 7) is 0.594. The van der Waals surface area contributed by atoms with Crippen LogP contribution in [0.5, 0.6) is 0 Å². The van der Waals surface area contributed by atoms with Gasteiger partial charge in [0.05, 0.1) is 10.7 Å². The van der Waals surface area contributed by atoms with Crippen LogP contribution in [0.4, 0.5) is 10.5 Å². The summed E-state index contributed by atoms with van der Waals surface area (Å²) in [7, 11) is -4.06. The Kier molecular flexibility index (Phi) is 4.91. The molecule has 0 spiro atoms. The number of nitrogens with zero attached hydrogens (tertiary/aromatic N) is 2. The number of para-hydroxylation sites is 1. The van der Waals surface area contributed by atoms with Crippen molar-refractivity contribution >= 4 is 39.2 Å². The fourth-order valence-corrected chi connectivity index (χ4v) is 3.76. The molecule has 1 aliphatic rings. The van der Waals surface area contributed by atoms with Gasteiger partial charge >= 0.3 is 6.03 Å². The number of hydrogen-bond acceptors (Lipinski definition) is 5. The van der Waals surface area contributed by atoms with E-state index >= 15 is 0 Å². The Hall–Kier alpha value is -2.58. The van der Waals surface area contributed by atoms with E-state index in [0.717, 1.165) is 5.69 Å². The van der Waals surface area contributed by atoms with Crippen LogP contribution in [0.3, 0.4) is 0 Å². The molecule has 0 radical (unpaired) electrons. The molecule has 9 heteroatoms. The number of amidine groups is 1. The summed E-state index contributed by atoms with van der Waals surface area (Å²) < 4.78 is 26.4. The highest BCUT2D eigenvalue weighted by Crippen LogP contribution is 2.20. The molecule has 0 saturated carbocycles. The number of halogens is 1. The molecule has 0 bridgehead atoms. The van der Waals surface area contributed by atoms with E-state index in [1.807, 2.05) is 35.1 Å². The maximum absolute atomic E-state index is 12.2. The zero-order valence-corrected chi connectivity index (χ0v) is 14.6. The van der Waals surface area contributed by atoms with Gasteiger partial charge in [0.2, 0.25) is 0 Å². The number of sulfonamides is 1. The average Bonchev–Trinajstić information content (AvgIpc) is 3.03. The lowest BCUT2D eigenvalue weighted by atomic mass is 10.3. The molecule has 0 fully saturated rings. The zero-order chi connectivity index (χ0) is 17.9. The normalized spacial score (nSPS) is 14.1. The Morgan fingerprint density at radius 1 is 1.08 bits per heavy atom. The molecule has 0 atom stereocenters. The number of hydrogen-bond donors (Lipinski definition) is 2. The first-order chi connectivity index (χ1) is 12.0. The van der Waals surface area contributed by atoms with Crippen LogP contribution in [0.1, 0.15) is 6.42 Å². The summed E-state index contributed by atoms with van der Waals surface area (Å²) in [6.07, 6.45) is 0.494. The number of carbonyl (C=O) groups is 1. The maximum Gasteiger partial charge on any atom is 0.334 e. The second-order valence-corrected chi connectivity index (χ2v) is 7.30. The predicted octanol–water partition coefficient (Wildman–Crippen LogP) is 2.55. The van der Waals surface area contributed by atoms with Crippen molar-refractivity contribution in [3.05, 3.63) is 59.6 Å². The van der Waals surface area contributed by atoms with Crippen LogP contribution >= 0.6 is 11.6 Å². The van der Waals surface area contributed by atoms with Gasteiger partial charge in [-0.1, -0.05) is 41.9 Å². The predicted molar refractivity (Wildman–Crippen MR) is 96.1 cm³/mol. The summed E-state index contributed by atoms with van der Waals surface area (Å²) >= 11 is 5.87. The molecule has 3 rings (SSSR count). The van der Waals surface area contributed by atoms with Gasteiger partial charge in [-0.15, -0.1) is 0 Å². The largest absolute Gasteiger partial charge is 0.334 e. The van der Waals surface area contributed by atoms with Crippen molar-refractivity contribution in [2.24, 2.45) is 5.10 Å². The molecule has 2 N–H and O–H groups in total. The van der Waals surface area contributed by atoms with Gasteiger partial charge in [-0.2, -0.15) is 5.10 Å². The van der Waals surface area contributed by atoms with Gasteiger partial charge in [-0.3, -0.25) is 10.3 Å². The van der Waals surface area contributed by atoms with E-state index < -0.39 is 16.1 Å². The minimum atomic E-state index is -4.06. The van der Waals surface area contributed by atoms with Crippen LogP contribution in [-0.4, -0.2) is 26.8 Å². The Morgan fingerprint density at radius 2 is 1.76 bits per heavy atom.